The van der Waals surface area contributed by atoms with Gasteiger partial charge < -0.3 is 10.2 Å². The van der Waals surface area contributed by atoms with Crippen LogP contribution in [0.25, 0.3) is 0 Å². The molecule has 1 N–H and O–H groups in total. The van der Waals surface area contributed by atoms with Crippen molar-refractivity contribution < 1.29 is 4.79 Å². The van der Waals surface area contributed by atoms with Gasteiger partial charge in [0, 0.05) is 26.2 Å². The smallest absolute Gasteiger partial charge is 0.317 e. The molecule has 1 atom stereocenters. The van der Waals surface area contributed by atoms with Crippen LogP contribution in [0, 0.1) is 11.3 Å². The molecule has 1 heterocycles. The van der Waals surface area contributed by atoms with Gasteiger partial charge in [-0.15, -0.1) is 0 Å². The summed E-state index contributed by atoms with van der Waals surface area (Å²) < 4.78 is 0. The first-order valence-electron chi connectivity index (χ1n) is 8.45. The fourth-order valence-electron chi connectivity index (χ4n) is 2.82. The first-order valence-corrected chi connectivity index (χ1v) is 8.45. The van der Waals surface area contributed by atoms with E-state index in [1.165, 1.54) is 5.56 Å². The van der Waals surface area contributed by atoms with Crippen molar-refractivity contribution in [3.63, 3.8) is 0 Å². The fraction of sp³-hybridized carbons (Fsp3) is 0.556. The lowest BCUT2D eigenvalue weighted by molar-refractivity contribution is 0.108. The van der Waals surface area contributed by atoms with E-state index >= 15 is 0 Å². The van der Waals surface area contributed by atoms with Crippen LogP contribution >= 0.6 is 0 Å². The minimum atomic E-state index is -0.245. The van der Waals surface area contributed by atoms with Gasteiger partial charge in [-0.05, 0) is 12.0 Å². The van der Waals surface area contributed by atoms with Gasteiger partial charge in [0.05, 0.1) is 12.6 Å². The summed E-state index contributed by atoms with van der Waals surface area (Å²) >= 11 is 0. The van der Waals surface area contributed by atoms with Gasteiger partial charge in [-0.3, -0.25) is 4.90 Å². The Morgan fingerprint density at radius 3 is 2.78 bits per heavy atom. The summed E-state index contributed by atoms with van der Waals surface area (Å²) in [4.78, 5) is 16.1. The number of urea groups is 1. The van der Waals surface area contributed by atoms with Crippen molar-refractivity contribution in [3.8, 4) is 6.07 Å². The van der Waals surface area contributed by atoms with Gasteiger partial charge in [0.15, 0.2) is 0 Å². The Bertz CT molecular complexity index is 526. The number of benzene rings is 1. The van der Waals surface area contributed by atoms with Crippen LogP contribution in [0.1, 0.15) is 31.7 Å². The molecule has 5 nitrogen and oxygen atoms in total. The summed E-state index contributed by atoms with van der Waals surface area (Å²) in [6.07, 6.45) is 3.29. The molecule has 1 saturated heterocycles. The number of hydrogen-bond donors (Lipinski definition) is 1. The van der Waals surface area contributed by atoms with Crippen LogP contribution in [0.5, 0.6) is 0 Å². The van der Waals surface area contributed by atoms with E-state index in [-0.39, 0.29) is 12.1 Å². The third-order valence-corrected chi connectivity index (χ3v) is 4.21. The number of nitrogens with zero attached hydrogens (tertiary/aromatic N) is 3. The van der Waals surface area contributed by atoms with Crippen molar-refractivity contribution >= 4 is 6.03 Å². The molecule has 124 valence electrons. The quantitative estimate of drug-likeness (QED) is 0.821. The van der Waals surface area contributed by atoms with Gasteiger partial charge in [-0.25, -0.2) is 4.79 Å². The zero-order valence-electron chi connectivity index (χ0n) is 13.9. The molecule has 1 aromatic rings. The second-order valence-electron chi connectivity index (χ2n) is 5.99. The molecule has 1 fully saturated rings. The topological polar surface area (TPSA) is 59.4 Å². The van der Waals surface area contributed by atoms with Crippen molar-refractivity contribution in [2.75, 3.05) is 26.2 Å². The number of carbonyl (C=O) groups is 1. The van der Waals surface area contributed by atoms with Gasteiger partial charge in [0.2, 0.25) is 0 Å². The molecule has 2 rings (SSSR count). The largest absolute Gasteiger partial charge is 0.338 e. The minimum Gasteiger partial charge on any atom is -0.338 e. The maximum Gasteiger partial charge on any atom is 0.317 e. The van der Waals surface area contributed by atoms with Crippen LogP contribution in [0.2, 0.25) is 0 Å². The Hall–Kier alpha value is -2.06. The summed E-state index contributed by atoms with van der Waals surface area (Å²) in [5.41, 5.74) is 1.20. The van der Waals surface area contributed by atoms with E-state index in [1.54, 1.807) is 4.90 Å². The Morgan fingerprint density at radius 1 is 1.30 bits per heavy atom. The highest BCUT2D eigenvalue weighted by Gasteiger charge is 2.29. The highest BCUT2D eigenvalue weighted by Crippen LogP contribution is 2.14. The average molecular weight is 314 g/mol. The van der Waals surface area contributed by atoms with Gasteiger partial charge in [0.25, 0.3) is 0 Å². The number of hydrogen-bond acceptors (Lipinski definition) is 3. The lowest BCUT2D eigenvalue weighted by atomic mass is 10.1. The van der Waals surface area contributed by atoms with Crippen LogP contribution in [-0.2, 0) is 6.54 Å². The summed E-state index contributed by atoms with van der Waals surface area (Å²) in [5, 5.41) is 12.4. The van der Waals surface area contributed by atoms with E-state index in [4.69, 9.17) is 0 Å². The van der Waals surface area contributed by atoms with Crippen LogP contribution in [0.15, 0.2) is 30.3 Å². The lowest BCUT2D eigenvalue weighted by Gasteiger charge is -2.38. The van der Waals surface area contributed by atoms with E-state index in [0.717, 1.165) is 32.4 Å². The molecule has 5 heteroatoms. The second kappa shape index (κ2) is 9.16. The molecular formula is C18H26N4O. The molecule has 0 saturated carbocycles. The third kappa shape index (κ3) is 5.26. The lowest BCUT2D eigenvalue weighted by Crippen LogP contribution is -2.56. The standard InChI is InChI=1S/C18H26N4O/c1-2-3-7-10-20-18(23)22-12-11-21(17(13-19)15-22)14-16-8-5-4-6-9-16/h4-6,8-9,17H,2-3,7,10-12,14-15H2,1H3,(H,20,23). The zero-order chi connectivity index (χ0) is 16.5. The predicted molar refractivity (Wildman–Crippen MR) is 90.7 cm³/mol. The SMILES string of the molecule is CCCCCNC(=O)N1CCN(Cc2ccccc2)C(C#N)C1. The van der Waals surface area contributed by atoms with E-state index in [0.29, 0.717) is 19.6 Å². The van der Waals surface area contributed by atoms with E-state index in [2.05, 4.69) is 35.3 Å². The fourth-order valence-corrected chi connectivity index (χ4v) is 2.82. The van der Waals surface area contributed by atoms with E-state index in [1.807, 2.05) is 18.2 Å². The molecule has 2 amide bonds. The van der Waals surface area contributed by atoms with Crippen molar-refractivity contribution in [3.05, 3.63) is 35.9 Å². The molecular weight excluding hydrogens is 288 g/mol. The third-order valence-electron chi connectivity index (χ3n) is 4.21. The Morgan fingerprint density at radius 2 is 2.09 bits per heavy atom. The number of carbonyl (C=O) groups excluding carboxylic acids is 1. The maximum atomic E-state index is 12.2. The molecule has 0 radical (unpaired) electrons. The van der Waals surface area contributed by atoms with Crippen molar-refractivity contribution in [2.45, 2.75) is 38.8 Å². The molecule has 1 unspecified atom stereocenters. The molecule has 23 heavy (non-hydrogen) atoms. The molecule has 0 bridgehead atoms. The number of nitriles is 1. The van der Waals surface area contributed by atoms with Gasteiger partial charge in [-0.1, -0.05) is 50.1 Å². The maximum absolute atomic E-state index is 12.2. The predicted octanol–water partition coefficient (Wildman–Crippen LogP) is 2.60. The molecule has 0 aromatic heterocycles. The van der Waals surface area contributed by atoms with Crippen LogP contribution in [0.4, 0.5) is 4.79 Å². The minimum absolute atomic E-state index is 0.0410. The molecule has 1 aliphatic heterocycles. The van der Waals surface area contributed by atoms with Crippen LogP contribution < -0.4 is 5.32 Å². The molecule has 0 aliphatic carbocycles. The highest BCUT2D eigenvalue weighted by atomic mass is 16.2. The van der Waals surface area contributed by atoms with E-state index < -0.39 is 0 Å². The van der Waals surface area contributed by atoms with Gasteiger partial charge in [0.1, 0.15) is 6.04 Å². The first kappa shape index (κ1) is 17.3. The number of amides is 2. The normalized spacial score (nSPS) is 18.4. The molecule has 1 aliphatic rings. The van der Waals surface area contributed by atoms with Gasteiger partial charge in [-0.2, -0.15) is 5.26 Å². The van der Waals surface area contributed by atoms with Crippen molar-refractivity contribution in [1.82, 2.24) is 15.1 Å². The van der Waals surface area contributed by atoms with Crippen molar-refractivity contribution in [2.24, 2.45) is 0 Å². The monoisotopic (exact) mass is 314 g/mol. The van der Waals surface area contributed by atoms with Crippen LogP contribution in [0.3, 0.4) is 0 Å². The average Bonchev–Trinajstić information content (AvgIpc) is 2.59. The van der Waals surface area contributed by atoms with Crippen LogP contribution in [-0.4, -0.2) is 48.1 Å². The number of unbranched alkanes of at least 4 members (excludes halogenated alkanes) is 2. The first-order chi connectivity index (χ1) is 11.2. The second-order valence-corrected chi connectivity index (χ2v) is 5.99. The Kier molecular flexibility index (Phi) is 6.89. The highest BCUT2D eigenvalue weighted by molar-refractivity contribution is 5.74. The number of nitrogens with one attached hydrogen (secondary N) is 1. The zero-order valence-corrected chi connectivity index (χ0v) is 13.9. The molecule has 1 aromatic carbocycles. The summed E-state index contributed by atoms with van der Waals surface area (Å²) in [7, 11) is 0. The van der Waals surface area contributed by atoms with Gasteiger partial charge >= 0.3 is 6.03 Å². The number of rotatable bonds is 6. The summed E-state index contributed by atoms with van der Waals surface area (Å²) in [6.45, 7) is 5.49. The van der Waals surface area contributed by atoms with E-state index in [9.17, 15) is 10.1 Å². The Labute approximate surface area is 138 Å². The molecule has 0 spiro atoms. The van der Waals surface area contributed by atoms with Crippen molar-refractivity contribution in [1.29, 1.82) is 5.26 Å². The Balaban J connectivity index is 1.84. The summed E-state index contributed by atoms with van der Waals surface area (Å²) in [6, 6.07) is 12.2. The summed E-state index contributed by atoms with van der Waals surface area (Å²) in [5.74, 6) is 0. The number of piperazine rings is 1.